The Bertz CT molecular complexity index is 619. The lowest BCUT2D eigenvalue weighted by Gasteiger charge is -2.17. The molecule has 4 nitrogen and oxygen atoms in total. The number of nitrogens with one attached hydrogen (secondary N) is 1. The van der Waals surface area contributed by atoms with Crippen molar-refractivity contribution in [3.63, 3.8) is 0 Å². The highest BCUT2D eigenvalue weighted by Gasteiger charge is 2.13. The third-order valence-electron chi connectivity index (χ3n) is 3.44. The molecular formula is C18H22ClNO3. The molecule has 0 aliphatic carbocycles. The van der Waals surface area contributed by atoms with Crippen LogP contribution in [-0.2, 0) is 6.54 Å². The summed E-state index contributed by atoms with van der Waals surface area (Å²) < 4.78 is 11.0. The molecule has 1 atom stereocenters. The van der Waals surface area contributed by atoms with Crippen LogP contribution >= 0.6 is 11.6 Å². The van der Waals surface area contributed by atoms with Crippen molar-refractivity contribution in [1.29, 1.82) is 0 Å². The van der Waals surface area contributed by atoms with Crippen LogP contribution in [-0.4, -0.2) is 25.4 Å². The van der Waals surface area contributed by atoms with Crippen molar-refractivity contribution in [3.8, 4) is 11.5 Å². The second-order valence-electron chi connectivity index (χ2n) is 5.09. The maximum absolute atomic E-state index is 10.2. The van der Waals surface area contributed by atoms with Crippen LogP contribution in [0.5, 0.6) is 11.5 Å². The van der Waals surface area contributed by atoms with E-state index in [0.29, 0.717) is 36.2 Å². The molecule has 0 saturated heterocycles. The van der Waals surface area contributed by atoms with E-state index in [1.54, 1.807) is 13.2 Å². The number of benzene rings is 2. The van der Waals surface area contributed by atoms with E-state index < -0.39 is 6.10 Å². The Labute approximate surface area is 142 Å². The summed E-state index contributed by atoms with van der Waals surface area (Å²) in [7, 11) is 1.59. The topological polar surface area (TPSA) is 50.7 Å². The molecule has 0 heterocycles. The molecule has 0 amide bonds. The maximum Gasteiger partial charge on any atom is 0.165 e. The monoisotopic (exact) mass is 335 g/mol. The normalized spacial score (nSPS) is 12.0. The first-order valence-corrected chi connectivity index (χ1v) is 7.96. The second kappa shape index (κ2) is 8.77. The lowest BCUT2D eigenvalue weighted by molar-refractivity contribution is 0.174. The van der Waals surface area contributed by atoms with E-state index in [0.717, 1.165) is 11.1 Å². The first-order valence-electron chi connectivity index (χ1n) is 7.58. The summed E-state index contributed by atoms with van der Waals surface area (Å²) in [6.45, 7) is 3.42. The van der Waals surface area contributed by atoms with Crippen molar-refractivity contribution < 1.29 is 14.6 Å². The number of ether oxygens (including phenoxy) is 2. The third-order valence-corrected chi connectivity index (χ3v) is 3.66. The van der Waals surface area contributed by atoms with Gasteiger partial charge in [-0.15, -0.1) is 0 Å². The van der Waals surface area contributed by atoms with Crippen molar-refractivity contribution >= 4 is 11.6 Å². The maximum atomic E-state index is 10.2. The molecule has 0 unspecified atom stereocenters. The van der Waals surface area contributed by atoms with Crippen molar-refractivity contribution in [1.82, 2.24) is 5.32 Å². The quantitative estimate of drug-likeness (QED) is 0.774. The number of hydrogen-bond donors (Lipinski definition) is 2. The van der Waals surface area contributed by atoms with Crippen molar-refractivity contribution in [2.24, 2.45) is 0 Å². The van der Waals surface area contributed by atoms with E-state index in [1.807, 2.05) is 43.3 Å². The third kappa shape index (κ3) is 4.86. The number of halogens is 1. The molecule has 0 saturated carbocycles. The van der Waals surface area contributed by atoms with Crippen molar-refractivity contribution in [2.75, 3.05) is 20.3 Å². The minimum absolute atomic E-state index is 0.435. The summed E-state index contributed by atoms with van der Waals surface area (Å²) in [5.41, 5.74) is 1.78. The molecule has 0 spiro atoms. The smallest absolute Gasteiger partial charge is 0.165 e. The first-order chi connectivity index (χ1) is 11.2. The highest BCUT2D eigenvalue weighted by Crippen LogP contribution is 2.34. The van der Waals surface area contributed by atoms with Gasteiger partial charge in [0, 0.05) is 29.7 Å². The Kier molecular flexibility index (Phi) is 6.71. The predicted octanol–water partition coefficient (Wildman–Crippen LogP) is 3.57. The molecule has 2 N–H and O–H groups in total. The van der Waals surface area contributed by atoms with Gasteiger partial charge in [-0.1, -0.05) is 41.9 Å². The summed E-state index contributed by atoms with van der Waals surface area (Å²) in [5, 5.41) is 14.0. The van der Waals surface area contributed by atoms with Gasteiger partial charge in [-0.2, -0.15) is 0 Å². The van der Waals surface area contributed by atoms with Crippen LogP contribution in [0.2, 0.25) is 5.02 Å². The minimum atomic E-state index is -0.562. The fraction of sp³-hybridized carbons (Fsp3) is 0.333. The Hall–Kier alpha value is -1.75. The number of aliphatic hydroxyl groups is 1. The molecule has 23 heavy (non-hydrogen) atoms. The van der Waals surface area contributed by atoms with Gasteiger partial charge in [0.1, 0.15) is 0 Å². The van der Waals surface area contributed by atoms with Crippen LogP contribution in [0.3, 0.4) is 0 Å². The molecule has 0 aliphatic rings. The molecular weight excluding hydrogens is 314 g/mol. The first kappa shape index (κ1) is 17.6. The van der Waals surface area contributed by atoms with Crippen LogP contribution in [0.15, 0.2) is 42.5 Å². The van der Waals surface area contributed by atoms with Crippen LogP contribution in [0.4, 0.5) is 0 Å². The molecule has 2 aromatic carbocycles. The largest absolute Gasteiger partial charge is 0.493 e. The zero-order chi connectivity index (χ0) is 16.7. The summed E-state index contributed by atoms with van der Waals surface area (Å²) >= 11 is 6.13. The van der Waals surface area contributed by atoms with Gasteiger partial charge in [-0.3, -0.25) is 0 Å². The van der Waals surface area contributed by atoms with E-state index in [4.69, 9.17) is 21.1 Å². The Morgan fingerprint density at radius 1 is 1.22 bits per heavy atom. The highest BCUT2D eigenvalue weighted by atomic mass is 35.5. The fourth-order valence-corrected chi connectivity index (χ4v) is 2.58. The molecule has 5 heteroatoms. The average molecular weight is 336 g/mol. The highest BCUT2D eigenvalue weighted by molar-refractivity contribution is 6.30. The number of methoxy groups -OCH3 is 1. The zero-order valence-corrected chi connectivity index (χ0v) is 14.1. The Morgan fingerprint density at radius 2 is 1.96 bits per heavy atom. The van der Waals surface area contributed by atoms with E-state index >= 15 is 0 Å². The summed E-state index contributed by atoms with van der Waals surface area (Å²) in [4.78, 5) is 0. The van der Waals surface area contributed by atoms with E-state index in [1.165, 1.54) is 0 Å². The Morgan fingerprint density at radius 3 is 2.61 bits per heavy atom. The Balaban J connectivity index is 2.03. The van der Waals surface area contributed by atoms with Gasteiger partial charge in [0.2, 0.25) is 0 Å². The molecule has 0 radical (unpaired) electrons. The molecule has 0 bridgehead atoms. The molecule has 2 aromatic rings. The van der Waals surface area contributed by atoms with Gasteiger partial charge >= 0.3 is 0 Å². The number of rotatable bonds is 8. The number of hydrogen-bond acceptors (Lipinski definition) is 4. The van der Waals surface area contributed by atoms with Gasteiger partial charge in [0.15, 0.2) is 11.5 Å². The van der Waals surface area contributed by atoms with Gasteiger partial charge in [0.25, 0.3) is 0 Å². The van der Waals surface area contributed by atoms with Gasteiger partial charge in [-0.25, -0.2) is 0 Å². The van der Waals surface area contributed by atoms with Crippen molar-refractivity contribution in [3.05, 3.63) is 58.6 Å². The predicted molar refractivity (Wildman–Crippen MR) is 92.3 cm³/mol. The lowest BCUT2D eigenvalue weighted by atomic mass is 10.1. The standard InChI is InChI=1S/C18H22ClNO3/c1-3-23-18-14(9-15(19)10-17(18)22-2)11-20-12-16(21)13-7-5-4-6-8-13/h4-10,16,20-21H,3,11-12H2,1-2H3/t16-/m1/s1. The zero-order valence-electron chi connectivity index (χ0n) is 13.4. The average Bonchev–Trinajstić information content (AvgIpc) is 2.57. The number of aliphatic hydroxyl groups excluding tert-OH is 1. The summed E-state index contributed by atoms with van der Waals surface area (Å²) in [6.07, 6.45) is -0.562. The molecule has 0 aromatic heterocycles. The lowest BCUT2D eigenvalue weighted by Crippen LogP contribution is -2.21. The molecule has 124 valence electrons. The summed E-state index contributed by atoms with van der Waals surface area (Å²) in [6, 6.07) is 13.1. The van der Waals surface area contributed by atoms with Gasteiger partial charge in [-0.05, 0) is 18.6 Å². The molecule has 0 aliphatic heterocycles. The van der Waals surface area contributed by atoms with E-state index in [9.17, 15) is 5.11 Å². The SMILES string of the molecule is CCOc1c(CNC[C@@H](O)c2ccccc2)cc(Cl)cc1OC. The van der Waals surface area contributed by atoms with Crippen molar-refractivity contribution in [2.45, 2.75) is 19.6 Å². The van der Waals surface area contributed by atoms with Crippen LogP contribution in [0, 0.1) is 0 Å². The van der Waals surface area contributed by atoms with Crippen LogP contribution in [0.1, 0.15) is 24.2 Å². The van der Waals surface area contributed by atoms with E-state index in [2.05, 4.69) is 5.32 Å². The molecule has 0 fully saturated rings. The van der Waals surface area contributed by atoms with Crippen LogP contribution < -0.4 is 14.8 Å². The van der Waals surface area contributed by atoms with Gasteiger partial charge in [0.05, 0.1) is 19.8 Å². The van der Waals surface area contributed by atoms with E-state index in [-0.39, 0.29) is 0 Å². The summed E-state index contributed by atoms with van der Waals surface area (Å²) in [5.74, 6) is 1.29. The molecule has 2 rings (SSSR count). The van der Waals surface area contributed by atoms with Crippen LogP contribution in [0.25, 0.3) is 0 Å². The fourth-order valence-electron chi connectivity index (χ4n) is 2.35. The minimum Gasteiger partial charge on any atom is -0.493 e. The second-order valence-corrected chi connectivity index (χ2v) is 5.52. The van der Waals surface area contributed by atoms with Gasteiger partial charge < -0.3 is 19.9 Å².